The van der Waals surface area contributed by atoms with Gasteiger partial charge in [0.2, 0.25) is 0 Å². The van der Waals surface area contributed by atoms with Crippen LogP contribution in [0.3, 0.4) is 0 Å². The maximum atomic E-state index is 12.3. The Morgan fingerprint density at radius 2 is 2.03 bits per heavy atom. The summed E-state index contributed by atoms with van der Waals surface area (Å²) in [5.74, 6) is 0.893. The third-order valence-electron chi connectivity index (χ3n) is 6.70. The lowest BCUT2D eigenvalue weighted by molar-refractivity contribution is -0.142. The Morgan fingerprint density at radius 3 is 2.74 bits per heavy atom. The van der Waals surface area contributed by atoms with E-state index in [0.717, 1.165) is 45.0 Å². The first kappa shape index (κ1) is 23.7. The second-order valence-electron chi connectivity index (χ2n) is 9.09. The van der Waals surface area contributed by atoms with Crippen LogP contribution in [-0.2, 0) is 22.6 Å². The summed E-state index contributed by atoms with van der Waals surface area (Å²) in [6.07, 6.45) is 2.24. The number of fused-ring (bicyclic) bond motifs is 1. The average molecular weight is 542 g/mol. The number of hydrogen-bond acceptors (Lipinski definition) is 5. The van der Waals surface area contributed by atoms with Crippen molar-refractivity contribution in [3.05, 3.63) is 57.7 Å². The van der Waals surface area contributed by atoms with E-state index in [1.54, 1.807) is 0 Å². The number of hydrogen-bond donors (Lipinski definition) is 1. The van der Waals surface area contributed by atoms with Crippen molar-refractivity contribution < 1.29 is 24.2 Å². The van der Waals surface area contributed by atoms with Crippen LogP contribution in [0, 0.1) is 0 Å². The zero-order chi connectivity index (χ0) is 24.5. The van der Waals surface area contributed by atoms with Gasteiger partial charge in [-0.2, -0.15) is 5.10 Å². The molecule has 35 heavy (non-hydrogen) atoms. The summed E-state index contributed by atoms with van der Waals surface area (Å²) in [4.78, 5) is 25.2. The average Bonchev–Trinajstić information content (AvgIpc) is 3.44. The Morgan fingerprint density at radius 1 is 1.20 bits per heavy atom. The van der Waals surface area contributed by atoms with E-state index in [4.69, 9.17) is 14.6 Å². The summed E-state index contributed by atoms with van der Waals surface area (Å²) in [7, 11) is 0. The van der Waals surface area contributed by atoms with E-state index in [-0.39, 0.29) is 25.0 Å². The number of rotatable bonds is 8. The number of amides is 1. The van der Waals surface area contributed by atoms with Crippen molar-refractivity contribution in [3.8, 4) is 5.75 Å². The van der Waals surface area contributed by atoms with Crippen molar-refractivity contribution in [2.75, 3.05) is 19.7 Å². The lowest BCUT2D eigenvalue weighted by Gasteiger charge is -2.15. The van der Waals surface area contributed by atoms with Gasteiger partial charge in [0, 0.05) is 28.5 Å². The molecule has 2 fully saturated rings. The van der Waals surface area contributed by atoms with Crippen molar-refractivity contribution in [1.82, 2.24) is 14.7 Å². The zero-order valence-corrected chi connectivity index (χ0v) is 21.2. The molecule has 1 aliphatic carbocycles. The molecule has 5 rings (SSSR count). The van der Waals surface area contributed by atoms with Gasteiger partial charge in [-0.3, -0.25) is 9.48 Å². The van der Waals surface area contributed by atoms with E-state index in [9.17, 15) is 14.7 Å². The van der Waals surface area contributed by atoms with E-state index in [0.29, 0.717) is 37.8 Å². The summed E-state index contributed by atoms with van der Waals surface area (Å²) >= 11 is 3.55. The topological polar surface area (TPSA) is 93.9 Å². The molecule has 0 bridgehead atoms. The van der Waals surface area contributed by atoms with Gasteiger partial charge in [-0.25, -0.2) is 4.79 Å². The van der Waals surface area contributed by atoms with Crippen LogP contribution in [0.1, 0.15) is 55.0 Å². The highest BCUT2D eigenvalue weighted by atomic mass is 79.9. The van der Waals surface area contributed by atoms with E-state index < -0.39 is 6.09 Å². The highest BCUT2D eigenvalue weighted by Crippen LogP contribution is 2.44. The molecule has 1 unspecified atom stereocenters. The summed E-state index contributed by atoms with van der Waals surface area (Å²) in [6, 6.07) is 11.9. The summed E-state index contributed by atoms with van der Waals surface area (Å²) in [5.41, 5.74) is 3.77. The van der Waals surface area contributed by atoms with Gasteiger partial charge in [0.25, 0.3) is 0 Å². The first-order chi connectivity index (χ1) is 16.9. The molecule has 1 N–H and O–H groups in total. The highest BCUT2D eigenvalue weighted by molar-refractivity contribution is 9.10. The fraction of sp³-hybridized carbons (Fsp3) is 0.423. The number of carboxylic acid groups (broad SMARTS) is 1. The van der Waals surface area contributed by atoms with Crippen molar-refractivity contribution in [2.45, 2.75) is 51.2 Å². The van der Waals surface area contributed by atoms with E-state index in [1.165, 1.54) is 4.90 Å². The molecule has 9 heteroatoms. The number of carbonyl (C=O) groups is 2. The van der Waals surface area contributed by atoms with Crippen LogP contribution in [0.25, 0.3) is 10.9 Å². The van der Waals surface area contributed by atoms with Gasteiger partial charge in [-0.1, -0.05) is 28.1 Å². The minimum atomic E-state index is -0.903. The number of carbonyl (C=O) groups excluding carboxylic acids is 1. The van der Waals surface area contributed by atoms with E-state index in [1.807, 2.05) is 41.9 Å². The molecule has 1 atom stereocenters. The van der Waals surface area contributed by atoms with Crippen molar-refractivity contribution in [3.63, 3.8) is 0 Å². The number of aromatic nitrogens is 2. The second-order valence-corrected chi connectivity index (χ2v) is 10.0. The molecule has 2 heterocycles. The smallest absolute Gasteiger partial charge is 0.407 e. The fourth-order valence-electron chi connectivity index (χ4n) is 4.86. The minimum absolute atomic E-state index is 0.0268. The van der Waals surface area contributed by atoms with E-state index in [2.05, 4.69) is 22.0 Å². The maximum Gasteiger partial charge on any atom is 0.407 e. The van der Waals surface area contributed by atoms with Gasteiger partial charge in [0.05, 0.1) is 24.6 Å². The van der Waals surface area contributed by atoms with Gasteiger partial charge in [0.1, 0.15) is 18.1 Å². The third kappa shape index (κ3) is 5.00. The monoisotopic (exact) mass is 541 g/mol. The summed E-state index contributed by atoms with van der Waals surface area (Å²) < 4.78 is 14.4. The fourth-order valence-corrected chi connectivity index (χ4v) is 5.22. The third-order valence-corrected chi connectivity index (χ3v) is 7.20. The molecule has 3 aromatic rings. The van der Waals surface area contributed by atoms with Gasteiger partial charge in [0.15, 0.2) is 0 Å². The zero-order valence-electron chi connectivity index (χ0n) is 19.6. The molecule has 1 saturated carbocycles. The molecular weight excluding hydrogens is 514 g/mol. The normalized spacial score (nSPS) is 17.7. The Kier molecular flexibility index (Phi) is 6.69. The molecule has 1 saturated heterocycles. The Labute approximate surface area is 211 Å². The molecular formula is C26H28BrN3O5. The molecule has 0 spiro atoms. The number of esters is 1. The van der Waals surface area contributed by atoms with Gasteiger partial charge in [-0.15, -0.1) is 0 Å². The van der Waals surface area contributed by atoms with Crippen molar-refractivity contribution in [2.24, 2.45) is 0 Å². The molecule has 0 radical (unpaired) electrons. The number of likely N-dealkylation sites (tertiary alicyclic amines) is 1. The van der Waals surface area contributed by atoms with E-state index >= 15 is 0 Å². The van der Waals surface area contributed by atoms with Gasteiger partial charge < -0.3 is 19.5 Å². The molecule has 1 aromatic heterocycles. The SMILES string of the molecule is CCOC(=O)Cc1c(OCc2nn(C3CCN(C(=O)O)C3)c3ccc(Br)cc23)cccc1C1CC1. The van der Waals surface area contributed by atoms with Crippen LogP contribution in [0.15, 0.2) is 40.9 Å². The number of halogens is 1. The standard InChI is InChI=1S/C26H28BrN3O5/c1-2-34-25(31)13-20-19(16-6-7-16)4-3-5-24(20)35-15-22-21-12-17(27)8-9-23(21)30(28-22)18-10-11-29(14-18)26(32)33/h3-5,8-9,12,16,18H,2,6-7,10-11,13-15H2,1H3,(H,32,33). The van der Waals surface area contributed by atoms with Crippen LogP contribution >= 0.6 is 15.9 Å². The molecule has 1 amide bonds. The van der Waals surface area contributed by atoms with Crippen molar-refractivity contribution >= 4 is 38.9 Å². The first-order valence-corrected chi connectivity index (χ1v) is 12.8. The lowest BCUT2D eigenvalue weighted by atomic mass is 9.99. The molecule has 2 aliphatic rings. The Hall–Kier alpha value is -3.07. The molecule has 8 nitrogen and oxygen atoms in total. The molecule has 184 valence electrons. The van der Waals surface area contributed by atoms with Crippen LogP contribution in [0.4, 0.5) is 4.79 Å². The van der Waals surface area contributed by atoms with Crippen LogP contribution in [-0.4, -0.2) is 51.5 Å². The second kappa shape index (κ2) is 9.89. The molecule has 1 aliphatic heterocycles. The first-order valence-electron chi connectivity index (χ1n) is 12.0. The minimum Gasteiger partial charge on any atom is -0.487 e. The van der Waals surface area contributed by atoms with Gasteiger partial charge >= 0.3 is 12.1 Å². The Bertz CT molecular complexity index is 1270. The predicted octanol–water partition coefficient (Wildman–Crippen LogP) is 5.29. The quantitative estimate of drug-likeness (QED) is 0.389. The molecule has 2 aromatic carbocycles. The number of ether oxygens (including phenoxy) is 2. The largest absolute Gasteiger partial charge is 0.487 e. The lowest BCUT2D eigenvalue weighted by Crippen LogP contribution is -2.27. The van der Waals surface area contributed by atoms with Crippen LogP contribution < -0.4 is 4.74 Å². The number of nitrogens with zero attached hydrogens (tertiary/aromatic N) is 3. The van der Waals surface area contributed by atoms with Gasteiger partial charge in [-0.05, 0) is 61.9 Å². The summed E-state index contributed by atoms with van der Waals surface area (Å²) in [6.45, 7) is 3.30. The van der Waals surface area contributed by atoms with Crippen LogP contribution in [0.2, 0.25) is 0 Å². The van der Waals surface area contributed by atoms with Crippen molar-refractivity contribution in [1.29, 1.82) is 0 Å². The summed E-state index contributed by atoms with van der Waals surface area (Å²) in [5, 5.41) is 15.2. The predicted molar refractivity (Wildman–Crippen MR) is 134 cm³/mol. The number of benzene rings is 2. The van der Waals surface area contributed by atoms with Crippen LogP contribution in [0.5, 0.6) is 5.75 Å². The Balaban J connectivity index is 1.44. The maximum absolute atomic E-state index is 12.3. The highest BCUT2D eigenvalue weighted by Gasteiger charge is 2.30.